The first-order valence-electron chi connectivity index (χ1n) is 11.6. The Morgan fingerprint density at radius 1 is 0.806 bits per heavy atom. The molecule has 0 amide bonds. The molecule has 0 aromatic rings. The van der Waals surface area contributed by atoms with Gasteiger partial charge in [0, 0.05) is 11.3 Å². The summed E-state index contributed by atoms with van der Waals surface area (Å²) < 4.78 is 10.8. The molecule has 0 heterocycles. The predicted molar refractivity (Wildman–Crippen MR) is 132 cm³/mol. The molecule has 0 bridgehead atoms. The van der Waals surface area contributed by atoms with Crippen molar-refractivity contribution in [3.8, 4) is 0 Å². The van der Waals surface area contributed by atoms with Gasteiger partial charge in [0.15, 0.2) is 0 Å². The van der Waals surface area contributed by atoms with E-state index in [0.29, 0.717) is 6.61 Å². The standard InChI is InChI=1S/C28H42O3/c1-6-25(24-30-26(29)31-27(2,3)4)28(5)22-20-18-16-14-12-10-8-7-9-11-13-15-17-19-21-23-28/h8-11,14-17,20-23,25H,6-7,12-13,18-19,24H2,1-5H3/b10-8-,11-9-,16-14-,17-15-,22-20-,23-21-. The summed E-state index contributed by atoms with van der Waals surface area (Å²) in [6.45, 7) is 10.2. The number of rotatable bonds is 4. The van der Waals surface area contributed by atoms with Crippen LogP contribution in [-0.2, 0) is 9.47 Å². The molecule has 0 saturated carbocycles. The maximum Gasteiger partial charge on any atom is 0.508 e. The van der Waals surface area contributed by atoms with Crippen LogP contribution in [0.3, 0.4) is 0 Å². The second-order valence-electron chi connectivity index (χ2n) is 9.12. The van der Waals surface area contributed by atoms with E-state index in [1.807, 2.05) is 20.8 Å². The van der Waals surface area contributed by atoms with Gasteiger partial charge in [0.1, 0.15) is 5.60 Å². The van der Waals surface area contributed by atoms with Crippen LogP contribution in [0.1, 0.15) is 73.1 Å². The molecule has 1 rings (SSSR count). The normalized spacial score (nSPS) is 25.1. The van der Waals surface area contributed by atoms with E-state index in [-0.39, 0.29) is 11.3 Å². The van der Waals surface area contributed by atoms with Crippen LogP contribution in [-0.4, -0.2) is 18.4 Å². The molecule has 0 N–H and O–H groups in total. The molecule has 1 unspecified atom stereocenters. The van der Waals surface area contributed by atoms with E-state index in [4.69, 9.17) is 9.47 Å². The zero-order valence-electron chi connectivity index (χ0n) is 20.2. The minimum absolute atomic E-state index is 0.164. The Morgan fingerprint density at radius 3 is 1.55 bits per heavy atom. The van der Waals surface area contributed by atoms with Gasteiger partial charge in [0.05, 0.1) is 6.61 Å². The van der Waals surface area contributed by atoms with E-state index in [0.717, 1.165) is 38.5 Å². The average Bonchev–Trinajstić information content (AvgIpc) is 2.69. The summed E-state index contributed by atoms with van der Waals surface area (Å²) in [5, 5.41) is 0. The molecular formula is C28H42O3. The molecule has 31 heavy (non-hydrogen) atoms. The van der Waals surface area contributed by atoms with Gasteiger partial charge in [-0.3, -0.25) is 0 Å². The van der Waals surface area contributed by atoms with Crippen LogP contribution in [0.4, 0.5) is 4.79 Å². The van der Waals surface area contributed by atoms with Crippen LogP contribution in [0, 0.1) is 11.3 Å². The minimum Gasteiger partial charge on any atom is -0.434 e. The zero-order chi connectivity index (χ0) is 23.0. The molecule has 0 aliphatic heterocycles. The zero-order valence-corrected chi connectivity index (χ0v) is 20.2. The van der Waals surface area contributed by atoms with Crippen molar-refractivity contribution in [2.24, 2.45) is 11.3 Å². The quantitative estimate of drug-likeness (QED) is 0.335. The number of ether oxygens (including phenoxy) is 2. The Balaban J connectivity index is 2.91. The van der Waals surface area contributed by atoms with E-state index in [2.05, 4.69) is 86.8 Å². The van der Waals surface area contributed by atoms with Crippen molar-refractivity contribution in [1.82, 2.24) is 0 Å². The first-order valence-corrected chi connectivity index (χ1v) is 11.6. The van der Waals surface area contributed by atoms with Gasteiger partial charge in [0.25, 0.3) is 0 Å². The fraction of sp³-hybridized carbons (Fsp3) is 0.536. The highest BCUT2D eigenvalue weighted by Crippen LogP contribution is 2.34. The summed E-state index contributed by atoms with van der Waals surface area (Å²) in [5.41, 5.74) is -0.755. The topological polar surface area (TPSA) is 35.5 Å². The molecule has 172 valence electrons. The van der Waals surface area contributed by atoms with Gasteiger partial charge in [-0.15, -0.1) is 0 Å². The number of hydrogen-bond acceptors (Lipinski definition) is 3. The van der Waals surface area contributed by atoms with Crippen molar-refractivity contribution in [2.75, 3.05) is 6.61 Å². The summed E-state index contributed by atoms with van der Waals surface area (Å²) in [4.78, 5) is 12.0. The molecule has 0 saturated heterocycles. The van der Waals surface area contributed by atoms with Crippen molar-refractivity contribution >= 4 is 6.16 Å². The van der Waals surface area contributed by atoms with Gasteiger partial charge in [-0.25, -0.2) is 4.79 Å². The third kappa shape index (κ3) is 12.9. The third-order valence-electron chi connectivity index (χ3n) is 5.15. The first kappa shape index (κ1) is 26.7. The summed E-state index contributed by atoms with van der Waals surface area (Å²) in [6.07, 6.45) is 31.5. The molecular weight excluding hydrogens is 384 g/mol. The van der Waals surface area contributed by atoms with E-state index in [9.17, 15) is 4.79 Å². The lowest BCUT2D eigenvalue weighted by atomic mass is 9.75. The maximum absolute atomic E-state index is 12.0. The fourth-order valence-electron chi connectivity index (χ4n) is 3.32. The Bertz CT molecular complexity index is 648. The van der Waals surface area contributed by atoms with Crippen molar-refractivity contribution < 1.29 is 14.3 Å². The van der Waals surface area contributed by atoms with Crippen LogP contribution in [0.2, 0.25) is 0 Å². The maximum atomic E-state index is 12.0. The Labute approximate surface area is 190 Å². The molecule has 0 spiro atoms. The molecule has 0 aromatic carbocycles. The first-order chi connectivity index (χ1) is 14.8. The lowest BCUT2D eigenvalue weighted by Crippen LogP contribution is -2.30. The number of carbonyl (C=O) groups excluding carboxylic acids is 1. The van der Waals surface area contributed by atoms with Crippen LogP contribution in [0.5, 0.6) is 0 Å². The second kappa shape index (κ2) is 14.7. The Kier molecular flexibility index (Phi) is 12.7. The highest BCUT2D eigenvalue weighted by Gasteiger charge is 2.30. The number of allylic oxidation sites excluding steroid dienone is 12. The second-order valence-corrected chi connectivity index (χ2v) is 9.12. The van der Waals surface area contributed by atoms with E-state index < -0.39 is 11.8 Å². The smallest absolute Gasteiger partial charge is 0.434 e. The van der Waals surface area contributed by atoms with Crippen LogP contribution in [0.15, 0.2) is 72.9 Å². The Hall–Kier alpha value is -2.29. The summed E-state index contributed by atoms with van der Waals surface area (Å²) in [7, 11) is 0. The molecule has 0 fully saturated rings. The number of hydrogen-bond donors (Lipinski definition) is 0. The summed E-state index contributed by atoms with van der Waals surface area (Å²) >= 11 is 0. The molecule has 1 aliphatic carbocycles. The molecule has 3 heteroatoms. The van der Waals surface area contributed by atoms with Crippen LogP contribution >= 0.6 is 0 Å². The predicted octanol–water partition coefficient (Wildman–Crippen LogP) is 8.27. The van der Waals surface area contributed by atoms with Gasteiger partial charge < -0.3 is 9.47 Å². The summed E-state index contributed by atoms with van der Waals surface area (Å²) in [5.74, 6) is 0.164. The number of carbonyl (C=O) groups is 1. The molecule has 0 aromatic heterocycles. The van der Waals surface area contributed by atoms with Gasteiger partial charge in [-0.1, -0.05) is 86.8 Å². The lowest BCUT2D eigenvalue weighted by Gasteiger charge is -2.32. The van der Waals surface area contributed by atoms with Crippen LogP contribution < -0.4 is 0 Å². The highest BCUT2D eigenvalue weighted by atomic mass is 16.7. The van der Waals surface area contributed by atoms with E-state index >= 15 is 0 Å². The highest BCUT2D eigenvalue weighted by molar-refractivity contribution is 5.60. The van der Waals surface area contributed by atoms with Crippen molar-refractivity contribution in [2.45, 2.75) is 78.7 Å². The largest absolute Gasteiger partial charge is 0.508 e. The third-order valence-corrected chi connectivity index (χ3v) is 5.15. The van der Waals surface area contributed by atoms with E-state index in [1.54, 1.807) is 0 Å². The van der Waals surface area contributed by atoms with Gasteiger partial charge >= 0.3 is 6.16 Å². The van der Waals surface area contributed by atoms with Crippen molar-refractivity contribution in [1.29, 1.82) is 0 Å². The minimum atomic E-state index is -0.602. The van der Waals surface area contributed by atoms with Crippen molar-refractivity contribution in [3.63, 3.8) is 0 Å². The van der Waals surface area contributed by atoms with E-state index in [1.165, 1.54) is 0 Å². The molecule has 0 radical (unpaired) electrons. The average molecular weight is 427 g/mol. The molecule has 1 atom stereocenters. The monoisotopic (exact) mass is 426 g/mol. The SMILES string of the molecule is CCC(COC(=O)OC(C)(C)C)C1(C)/C=C\C/C=C\C/C=C\C/C=C\C/C=C\C/C=C\1. The van der Waals surface area contributed by atoms with Crippen LogP contribution in [0.25, 0.3) is 0 Å². The van der Waals surface area contributed by atoms with Gasteiger partial charge in [-0.2, -0.15) is 0 Å². The fourth-order valence-corrected chi connectivity index (χ4v) is 3.32. The van der Waals surface area contributed by atoms with Gasteiger partial charge in [-0.05, 0) is 59.3 Å². The summed E-state index contributed by atoms with van der Waals surface area (Å²) in [6, 6.07) is 0. The molecule has 3 nitrogen and oxygen atoms in total. The van der Waals surface area contributed by atoms with Gasteiger partial charge in [0.2, 0.25) is 0 Å². The Morgan fingerprint density at radius 2 is 1.19 bits per heavy atom. The molecule has 1 aliphatic rings. The lowest BCUT2D eigenvalue weighted by molar-refractivity contribution is -0.0179. The van der Waals surface area contributed by atoms with Crippen molar-refractivity contribution in [3.05, 3.63) is 72.9 Å².